The van der Waals surface area contributed by atoms with Gasteiger partial charge in [0, 0.05) is 11.3 Å². The molecule has 0 aliphatic carbocycles. The second kappa shape index (κ2) is 5.44. The van der Waals surface area contributed by atoms with Crippen molar-refractivity contribution in [3.05, 3.63) is 59.2 Å². The predicted molar refractivity (Wildman–Crippen MR) is 76.9 cm³/mol. The van der Waals surface area contributed by atoms with Gasteiger partial charge in [0.1, 0.15) is 0 Å². The molecule has 0 aromatic heterocycles. The molecule has 0 aliphatic rings. The standard InChI is InChI=1S/C15H14N2O3/c1-9-2-4-10(5-3-9)14(18)17-13-7-6-11(16)8-12(13)15(19)20/h2-8H,16H2,1H3,(H,17,18)(H,19,20). The van der Waals surface area contributed by atoms with Gasteiger partial charge in [-0.1, -0.05) is 17.7 Å². The SMILES string of the molecule is Cc1ccc(C(=O)Nc2ccc(N)cc2C(=O)O)cc1. The van der Waals surface area contributed by atoms with E-state index in [0.717, 1.165) is 5.56 Å². The Kier molecular flexibility index (Phi) is 3.70. The van der Waals surface area contributed by atoms with Crippen molar-refractivity contribution < 1.29 is 14.7 Å². The Hall–Kier alpha value is -2.82. The summed E-state index contributed by atoms with van der Waals surface area (Å²) in [7, 11) is 0. The van der Waals surface area contributed by atoms with Crippen molar-refractivity contribution in [1.29, 1.82) is 0 Å². The van der Waals surface area contributed by atoms with Crippen LogP contribution in [0, 0.1) is 6.92 Å². The molecule has 0 spiro atoms. The number of nitrogens with two attached hydrogens (primary N) is 1. The molecule has 1 amide bonds. The van der Waals surface area contributed by atoms with E-state index in [1.807, 2.05) is 19.1 Å². The highest BCUT2D eigenvalue weighted by atomic mass is 16.4. The lowest BCUT2D eigenvalue weighted by atomic mass is 10.1. The summed E-state index contributed by atoms with van der Waals surface area (Å²) in [6.07, 6.45) is 0. The van der Waals surface area contributed by atoms with Gasteiger partial charge in [0.15, 0.2) is 0 Å². The molecule has 0 saturated carbocycles. The van der Waals surface area contributed by atoms with Crippen LogP contribution >= 0.6 is 0 Å². The number of rotatable bonds is 3. The molecule has 0 saturated heterocycles. The summed E-state index contributed by atoms with van der Waals surface area (Å²) in [6, 6.07) is 11.3. The summed E-state index contributed by atoms with van der Waals surface area (Å²) in [5, 5.41) is 11.7. The Morgan fingerprint density at radius 2 is 1.75 bits per heavy atom. The zero-order valence-electron chi connectivity index (χ0n) is 10.9. The first-order valence-corrected chi connectivity index (χ1v) is 5.98. The van der Waals surface area contributed by atoms with Gasteiger partial charge >= 0.3 is 5.97 Å². The van der Waals surface area contributed by atoms with Crippen LogP contribution in [0.3, 0.4) is 0 Å². The average molecular weight is 270 g/mol. The summed E-state index contributed by atoms with van der Waals surface area (Å²) >= 11 is 0. The molecule has 2 rings (SSSR count). The quantitative estimate of drug-likeness (QED) is 0.747. The number of carboxylic acid groups (broad SMARTS) is 1. The second-order valence-electron chi connectivity index (χ2n) is 4.43. The fraction of sp³-hybridized carbons (Fsp3) is 0.0667. The molecule has 2 aromatic carbocycles. The minimum Gasteiger partial charge on any atom is -0.478 e. The number of hydrogen-bond acceptors (Lipinski definition) is 3. The first-order valence-electron chi connectivity index (χ1n) is 5.98. The van der Waals surface area contributed by atoms with Gasteiger partial charge in [-0.05, 0) is 37.3 Å². The number of carbonyl (C=O) groups excluding carboxylic acids is 1. The van der Waals surface area contributed by atoms with Gasteiger partial charge in [0.2, 0.25) is 0 Å². The van der Waals surface area contributed by atoms with Gasteiger partial charge in [-0.25, -0.2) is 4.79 Å². The van der Waals surface area contributed by atoms with E-state index in [1.165, 1.54) is 18.2 Å². The highest BCUT2D eigenvalue weighted by Gasteiger charge is 2.13. The first kappa shape index (κ1) is 13.6. The molecule has 0 atom stereocenters. The van der Waals surface area contributed by atoms with E-state index in [4.69, 9.17) is 10.8 Å². The summed E-state index contributed by atoms with van der Waals surface area (Å²) in [6.45, 7) is 1.92. The maximum atomic E-state index is 12.0. The third-order valence-corrected chi connectivity index (χ3v) is 2.84. The maximum Gasteiger partial charge on any atom is 0.337 e. The number of carboxylic acids is 1. The highest BCUT2D eigenvalue weighted by Crippen LogP contribution is 2.20. The van der Waals surface area contributed by atoms with E-state index in [1.54, 1.807) is 12.1 Å². The van der Waals surface area contributed by atoms with Crippen LogP contribution in [0.1, 0.15) is 26.3 Å². The number of aryl methyl sites for hydroxylation is 1. The summed E-state index contributed by atoms with van der Waals surface area (Å²) < 4.78 is 0. The van der Waals surface area contributed by atoms with Crippen molar-refractivity contribution in [3.8, 4) is 0 Å². The molecule has 0 heterocycles. The molecular formula is C15H14N2O3. The topological polar surface area (TPSA) is 92.4 Å². The van der Waals surface area contributed by atoms with Crippen LogP contribution in [0.25, 0.3) is 0 Å². The average Bonchev–Trinajstić information content (AvgIpc) is 2.41. The Morgan fingerprint density at radius 3 is 2.35 bits per heavy atom. The van der Waals surface area contributed by atoms with E-state index < -0.39 is 5.97 Å². The number of anilines is 2. The van der Waals surface area contributed by atoms with E-state index in [-0.39, 0.29) is 17.2 Å². The molecule has 4 N–H and O–H groups in total. The van der Waals surface area contributed by atoms with Crippen LogP contribution in [0.5, 0.6) is 0 Å². The Labute approximate surface area is 116 Å². The van der Waals surface area contributed by atoms with Crippen molar-refractivity contribution in [2.75, 3.05) is 11.1 Å². The molecule has 102 valence electrons. The lowest BCUT2D eigenvalue weighted by molar-refractivity contribution is 0.0698. The van der Waals surface area contributed by atoms with Crippen molar-refractivity contribution in [2.45, 2.75) is 6.92 Å². The molecule has 0 radical (unpaired) electrons. The number of hydrogen-bond donors (Lipinski definition) is 3. The van der Waals surface area contributed by atoms with Gasteiger partial charge in [-0.3, -0.25) is 4.79 Å². The van der Waals surface area contributed by atoms with Crippen LogP contribution in [0.15, 0.2) is 42.5 Å². The van der Waals surface area contributed by atoms with Crippen molar-refractivity contribution in [2.24, 2.45) is 0 Å². The predicted octanol–water partition coefficient (Wildman–Crippen LogP) is 2.53. The Bertz CT molecular complexity index is 663. The number of carbonyl (C=O) groups is 2. The van der Waals surface area contributed by atoms with Crippen LogP contribution in [0.4, 0.5) is 11.4 Å². The van der Waals surface area contributed by atoms with Crippen LogP contribution < -0.4 is 11.1 Å². The van der Waals surface area contributed by atoms with Gasteiger partial charge in [-0.15, -0.1) is 0 Å². The number of aromatic carboxylic acids is 1. The fourth-order valence-electron chi connectivity index (χ4n) is 1.75. The van der Waals surface area contributed by atoms with Crippen LogP contribution in [0.2, 0.25) is 0 Å². The third kappa shape index (κ3) is 2.95. The van der Waals surface area contributed by atoms with E-state index in [9.17, 15) is 9.59 Å². The molecule has 5 nitrogen and oxygen atoms in total. The molecule has 0 fully saturated rings. The lowest BCUT2D eigenvalue weighted by Gasteiger charge is -2.09. The Balaban J connectivity index is 2.28. The third-order valence-electron chi connectivity index (χ3n) is 2.84. The lowest BCUT2D eigenvalue weighted by Crippen LogP contribution is -2.15. The van der Waals surface area contributed by atoms with E-state index in [0.29, 0.717) is 11.3 Å². The summed E-state index contributed by atoms with van der Waals surface area (Å²) in [5.41, 5.74) is 7.56. The van der Waals surface area contributed by atoms with Gasteiger partial charge in [-0.2, -0.15) is 0 Å². The number of nitrogens with one attached hydrogen (secondary N) is 1. The van der Waals surface area contributed by atoms with E-state index >= 15 is 0 Å². The molecule has 5 heteroatoms. The van der Waals surface area contributed by atoms with Gasteiger partial charge in [0.25, 0.3) is 5.91 Å². The second-order valence-corrected chi connectivity index (χ2v) is 4.43. The molecule has 0 unspecified atom stereocenters. The maximum absolute atomic E-state index is 12.0. The monoisotopic (exact) mass is 270 g/mol. The van der Waals surface area contributed by atoms with Crippen LogP contribution in [-0.4, -0.2) is 17.0 Å². The van der Waals surface area contributed by atoms with Crippen molar-refractivity contribution in [3.63, 3.8) is 0 Å². The van der Waals surface area contributed by atoms with Crippen LogP contribution in [-0.2, 0) is 0 Å². The van der Waals surface area contributed by atoms with Gasteiger partial charge < -0.3 is 16.2 Å². The van der Waals surface area contributed by atoms with Gasteiger partial charge in [0.05, 0.1) is 11.3 Å². The number of benzene rings is 2. The molecule has 0 aliphatic heterocycles. The van der Waals surface area contributed by atoms with Crippen molar-refractivity contribution >= 4 is 23.3 Å². The normalized spacial score (nSPS) is 10.1. The molecule has 2 aromatic rings. The highest BCUT2D eigenvalue weighted by molar-refractivity contribution is 6.08. The zero-order chi connectivity index (χ0) is 14.7. The summed E-state index contributed by atoms with van der Waals surface area (Å²) in [5.74, 6) is -1.51. The largest absolute Gasteiger partial charge is 0.478 e. The zero-order valence-corrected chi connectivity index (χ0v) is 10.9. The smallest absolute Gasteiger partial charge is 0.337 e. The molecular weight excluding hydrogens is 256 g/mol. The fourth-order valence-corrected chi connectivity index (χ4v) is 1.75. The summed E-state index contributed by atoms with van der Waals surface area (Å²) in [4.78, 5) is 23.2. The molecule has 20 heavy (non-hydrogen) atoms. The minimum absolute atomic E-state index is 0.0366. The molecule has 0 bridgehead atoms. The minimum atomic E-state index is -1.14. The van der Waals surface area contributed by atoms with E-state index in [2.05, 4.69) is 5.32 Å². The number of nitrogen functional groups attached to an aromatic ring is 1. The van der Waals surface area contributed by atoms with Crippen molar-refractivity contribution in [1.82, 2.24) is 0 Å². The number of amides is 1. The Morgan fingerprint density at radius 1 is 1.10 bits per heavy atom. The first-order chi connectivity index (χ1) is 9.47.